The molecule has 2 atom stereocenters. The summed E-state index contributed by atoms with van der Waals surface area (Å²) in [5, 5.41) is 15.2. The third-order valence-electron chi connectivity index (χ3n) is 5.19. The second kappa shape index (κ2) is 13.2. The van der Waals surface area contributed by atoms with Crippen LogP contribution in [0.5, 0.6) is 0 Å². The van der Waals surface area contributed by atoms with Crippen LogP contribution >= 0.6 is 24.2 Å². The predicted octanol–water partition coefficient (Wildman–Crippen LogP) is 5.15. The van der Waals surface area contributed by atoms with Gasteiger partial charge in [-0.15, -0.1) is 0 Å². The second-order valence-corrected chi connectivity index (χ2v) is 9.98. The Balaban J connectivity index is 2.53. The van der Waals surface area contributed by atoms with Crippen LogP contribution in [0, 0.1) is 18.3 Å². The van der Waals surface area contributed by atoms with Crippen molar-refractivity contribution in [3.8, 4) is 6.07 Å². The van der Waals surface area contributed by atoms with E-state index < -0.39 is 42.1 Å². The number of halogens is 1. The third kappa shape index (κ3) is 8.27. The molecule has 2 aromatic carbocycles. The number of thiol groups is 1. The highest BCUT2D eigenvalue weighted by atomic mass is 35.5. The molecule has 0 bridgehead atoms. The Kier molecular flexibility index (Phi) is 10.6. The van der Waals surface area contributed by atoms with Crippen LogP contribution in [0.1, 0.15) is 43.5 Å². The van der Waals surface area contributed by atoms with Crippen molar-refractivity contribution < 1.29 is 19.1 Å². The summed E-state index contributed by atoms with van der Waals surface area (Å²) in [6.45, 7) is 10.2. The molecule has 0 saturated carbocycles. The summed E-state index contributed by atoms with van der Waals surface area (Å²) in [5.41, 5.74) is 1.48. The van der Waals surface area contributed by atoms with Gasteiger partial charge in [-0.2, -0.15) is 17.9 Å². The summed E-state index contributed by atoms with van der Waals surface area (Å²) < 4.78 is 5.26. The Labute approximate surface area is 228 Å². The van der Waals surface area contributed by atoms with E-state index in [1.54, 1.807) is 76.2 Å². The molecule has 10 heteroatoms. The van der Waals surface area contributed by atoms with Crippen molar-refractivity contribution in [2.24, 2.45) is 0 Å². The number of rotatable bonds is 9. The minimum absolute atomic E-state index is 0.0926. The first-order valence-electron chi connectivity index (χ1n) is 11.5. The molecule has 0 saturated heterocycles. The zero-order valence-corrected chi connectivity index (χ0v) is 22.9. The standard InChI is InChI=1S/C27H31ClN4O4S/c1-6-18-10-8-11-19(15-18)23(24(33)31-22-17(2)9-7-12-20(22)28)32(14-13-29)25(34)21(16-37)30-26(35)36-27(3,4)5/h6-12,15,21,23,37H,1,14,16H2,2-5H3,(H,30,35)(H,31,33). The number of anilines is 1. The number of para-hydroxylation sites is 1. The van der Waals surface area contributed by atoms with Crippen molar-refractivity contribution in [2.75, 3.05) is 17.6 Å². The van der Waals surface area contributed by atoms with E-state index >= 15 is 0 Å². The van der Waals surface area contributed by atoms with Crippen LogP contribution in [0.2, 0.25) is 5.02 Å². The van der Waals surface area contributed by atoms with Crippen LogP contribution in [0.25, 0.3) is 6.08 Å². The number of benzene rings is 2. The Morgan fingerprint density at radius 1 is 1.24 bits per heavy atom. The lowest BCUT2D eigenvalue weighted by atomic mass is 10.00. The molecular formula is C27H31ClN4O4S. The van der Waals surface area contributed by atoms with E-state index in [2.05, 4.69) is 29.8 Å². The molecule has 2 aromatic rings. The van der Waals surface area contributed by atoms with E-state index in [4.69, 9.17) is 16.3 Å². The smallest absolute Gasteiger partial charge is 0.408 e. The van der Waals surface area contributed by atoms with Gasteiger partial charge in [0.05, 0.1) is 16.8 Å². The number of aryl methyl sites for hydroxylation is 1. The van der Waals surface area contributed by atoms with Gasteiger partial charge >= 0.3 is 6.09 Å². The molecule has 2 N–H and O–H groups in total. The van der Waals surface area contributed by atoms with Gasteiger partial charge in [-0.05, 0) is 56.5 Å². The van der Waals surface area contributed by atoms with Gasteiger partial charge in [-0.25, -0.2) is 4.79 Å². The maximum atomic E-state index is 13.7. The fraction of sp³-hybridized carbons (Fsp3) is 0.333. The van der Waals surface area contributed by atoms with Gasteiger partial charge in [0.15, 0.2) is 0 Å². The summed E-state index contributed by atoms with van der Waals surface area (Å²) in [7, 11) is 0. The Bertz CT molecular complexity index is 1190. The number of carbonyl (C=O) groups excluding carboxylic acids is 3. The molecule has 0 spiro atoms. The summed E-state index contributed by atoms with van der Waals surface area (Å²) in [4.78, 5) is 40.9. The van der Waals surface area contributed by atoms with E-state index in [0.717, 1.165) is 10.5 Å². The fourth-order valence-corrected chi connectivity index (χ4v) is 4.04. The first kappa shape index (κ1) is 29.7. The van der Waals surface area contributed by atoms with E-state index in [9.17, 15) is 19.6 Å². The van der Waals surface area contributed by atoms with E-state index in [0.29, 0.717) is 21.8 Å². The van der Waals surface area contributed by atoms with Crippen molar-refractivity contribution in [1.29, 1.82) is 5.26 Å². The highest BCUT2D eigenvalue weighted by molar-refractivity contribution is 7.80. The average Bonchev–Trinajstić information content (AvgIpc) is 2.83. The first-order chi connectivity index (χ1) is 17.4. The number of alkyl carbamates (subject to hydrolysis) is 1. The maximum Gasteiger partial charge on any atom is 0.408 e. The number of nitriles is 1. The molecule has 196 valence electrons. The van der Waals surface area contributed by atoms with Gasteiger partial charge in [0, 0.05) is 5.75 Å². The number of nitrogens with zero attached hydrogens (tertiary/aromatic N) is 2. The molecule has 3 amide bonds. The molecule has 0 heterocycles. The quantitative estimate of drug-likeness (QED) is 0.300. The first-order valence-corrected chi connectivity index (χ1v) is 12.5. The Morgan fingerprint density at radius 3 is 2.49 bits per heavy atom. The van der Waals surface area contributed by atoms with Gasteiger partial charge in [0.1, 0.15) is 24.2 Å². The molecule has 0 fully saturated rings. The van der Waals surface area contributed by atoms with E-state index in [1.165, 1.54) is 0 Å². The van der Waals surface area contributed by atoms with E-state index in [-0.39, 0.29) is 5.75 Å². The van der Waals surface area contributed by atoms with Crippen LogP contribution in [0.4, 0.5) is 10.5 Å². The van der Waals surface area contributed by atoms with Crippen molar-refractivity contribution >= 4 is 53.9 Å². The number of hydrogen-bond donors (Lipinski definition) is 3. The lowest BCUT2D eigenvalue weighted by Gasteiger charge is -2.32. The van der Waals surface area contributed by atoms with Gasteiger partial charge in [-0.1, -0.05) is 54.6 Å². The predicted molar refractivity (Wildman–Crippen MR) is 148 cm³/mol. The van der Waals surface area contributed by atoms with Crippen LogP contribution < -0.4 is 10.6 Å². The van der Waals surface area contributed by atoms with Crippen molar-refractivity contribution in [3.05, 3.63) is 70.8 Å². The second-order valence-electron chi connectivity index (χ2n) is 9.20. The Morgan fingerprint density at radius 2 is 1.92 bits per heavy atom. The summed E-state index contributed by atoms with van der Waals surface area (Å²) in [6.07, 6.45) is 0.784. The minimum atomic E-state index is -1.23. The molecule has 8 nitrogen and oxygen atoms in total. The highest BCUT2D eigenvalue weighted by Gasteiger charge is 2.36. The molecule has 37 heavy (non-hydrogen) atoms. The minimum Gasteiger partial charge on any atom is -0.444 e. The number of amides is 3. The van der Waals surface area contributed by atoms with Crippen molar-refractivity contribution in [3.63, 3.8) is 0 Å². The summed E-state index contributed by atoms with van der Waals surface area (Å²) >= 11 is 10.5. The zero-order valence-electron chi connectivity index (χ0n) is 21.2. The Hall–Kier alpha value is -3.48. The third-order valence-corrected chi connectivity index (χ3v) is 5.87. The molecule has 0 aliphatic carbocycles. The number of ether oxygens (including phenoxy) is 1. The molecule has 2 unspecified atom stereocenters. The molecule has 0 radical (unpaired) electrons. The molecule has 2 rings (SSSR count). The average molecular weight is 543 g/mol. The highest BCUT2D eigenvalue weighted by Crippen LogP contribution is 2.29. The van der Waals surface area contributed by atoms with Crippen molar-refractivity contribution in [1.82, 2.24) is 10.2 Å². The lowest BCUT2D eigenvalue weighted by Crippen LogP contribution is -2.53. The number of nitrogens with one attached hydrogen (secondary N) is 2. The summed E-state index contributed by atoms with van der Waals surface area (Å²) in [6, 6.07) is 11.6. The van der Waals surface area contributed by atoms with Crippen LogP contribution in [-0.4, -0.2) is 46.7 Å². The van der Waals surface area contributed by atoms with Gasteiger partial charge < -0.3 is 20.3 Å². The lowest BCUT2D eigenvalue weighted by molar-refractivity contribution is -0.139. The molecular weight excluding hydrogens is 512 g/mol. The van der Waals surface area contributed by atoms with Crippen LogP contribution in [0.15, 0.2) is 49.0 Å². The number of carbonyl (C=O) groups is 3. The normalized spacial score (nSPS) is 12.5. The molecule has 0 aliphatic heterocycles. The fourth-order valence-electron chi connectivity index (χ4n) is 3.52. The number of hydrogen-bond acceptors (Lipinski definition) is 6. The summed E-state index contributed by atoms with van der Waals surface area (Å²) in [5.74, 6) is -1.36. The molecule has 0 aromatic heterocycles. The topological polar surface area (TPSA) is 112 Å². The molecule has 0 aliphatic rings. The van der Waals surface area contributed by atoms with Crippen LogP contribution in [-0.2, 0) is 14.3 Å². The van der Waals surface area contributed by atoms with Gasteiger partial charge in [-0.3, -0.25) is 9.59 Å². The van der Waals surface area contributed by atoms with E-state index in [1.807, 2.05) is 6.07 Å². The van der Waals surface area contributed by atoms with Gasteiger partial charge in [0.25, 0.3) is 5.91 Å². The van der Waals surface area contributed by atoms with Gasteiger partial charge in [0.2, 0.25) is 5.91 Å². The van der Waals surface area contributed by atoms with Crippen molar-refractivity contribution in [2.45, 2.75) is 45.4 Å². The maximum absolute atomic E-state index is 13.7. The van der Waals surface area contributed by atoms with Crippen LogP contribution in [0.3, 0.4) is 0 Å². The zero-order chi connectivity index (χ0) is 27.8. The largest absolute Gasteiger partial charge is 0.444 e. The monoisotopic (exact) mass is 542 g/mol. The SMILES string of the molecule is C=Cc1cccc(C(C(=O)Nc2c(C)cccc2Cl)N(CC#N)C(=O)C(CS)NC(=O)OC(C)(C)C)c1.